The van der Waals surface area contributed by atoms with Crippen molar-refractivity contribution < 1.29 is 4.79 Å². The summed E-state index contributed by atoms with van der Waals surface area (Å²) in [7, 11) is 0. The van der Waals surface area contributed by atoms with Crippen molar-refractivity contribution in [1.29, 1.82) is 0 Å². The van der Waals surface area contributed by atoms with E-state index in [1.54, 1.807) is 11.3 Å². The number of hydrogen-bond donors (Lipinski definition) is 1. The van der Waals surface area contributed by atoms with Crippen molar-refractivity contribution in [3.63, 3.8) is 0 Å². The molecular formula is C10H13IN2OS. The highest BCUT2D eigenvalue weighted by Gasteiger charge is 2.21. The lowest BCUT2D eigenvalue weighted by molar-refractivity contribution is 0.0709. The molecule has 1 unspecified atom stereocenters. The predicted molar refractivity (Wildman–Crippen MR) is 70.4 cm³/mol. The molecule has 0 bridgehead atoms. The van der Waals surface area contributed by atoms with Gasteiger partial charge in [0.05, 0.1) is 8.45 Å². The van der Waals surface area contributed by atoms with Gasteiger partial charge in [0.25, 0.3) is 5.91 Å². The Kier molecular flexibility index (Phi) is 3.63. The van der Waals surface area contributed by atoms with Gasteiger partial charge in [-0.3, -0.25) is 4.79 Å². The van der Waals surface area contributed by atoms with Gasteiger partial charge >= 0.3 is 0 Å². The summed E-state index contributed by atoms with van der Waals surface area (Å²) in [5.74, 6) is 0.169. The topological polar surface area (TPSA) is 32.3 Å². The van der Waals surface area contributed by atoms with E-state index < -0.39 is 0 Å². The van der Waals surface area contributed by atoms with E-state index in [4.69, 9.17) is 0 Å². The minimum absolute atomic E-state index is 0.169. The Hall–Kier alpha value is -0.140. The van der Waals surface area contributed by atoms with Crippen LogP contribution in [0.3, 0.4) is 0 Å². The van der Waals surface area contributed by atoms with Crippen molar-refractivity contribution >= 4 is 39.8 Å². The van der Waals surface area contributed by atoms with Gasteiger partial charge < -0.3 is 10.2 Å². The second kappa shape index (κ2) is 4.80. The number of nitrogens with one attached hydrogen (secondary N) is 1. The molecule has 1 saturated heterocycles. The molecule has 0 saturated carbocycles. The molecule has 3 nitrogen and oxygen atoms in total. The maximum atomic E-state index is 12.1. The molecule has 1 aliphatic heterocycles. The van der Waals surface area contributed by atoms with Crippen molar-refractivity contribution in [1.82, 2.24) is 10.2 Å². The lowest BCUT2D eigenvalue weighted by atomic mass is 10.2. The van der Waals surface area contributed by atoms with Gasteiger partial charge in [-0.1, -0.05) is 0 Å². The van der Waals surface area contributed by atoms with Crippen LogP contribution in [0.5, 0.6) is 0 Å². The monoisotopic (exact) mass is 336 g/mol. The third kappa shape index (κ3) is 2.70. The van der Waals surface area contributed by atoms with Crippen LogP contribution in [0.25, 0.3) is 0 Å². The second-order valence-corrected chi connectivity index (χ2v) is 6.55. The molecule has 2 rings (SSSR count). The van der Waals surface area contributed by atoms with Gasteiger partial charge in [-0.15, -0.1) is 11.3 Å². The molecule has 1 N–H and O–H groups in total. The number of thiophene rings is 1. The quantitative estimate of drug-likeness (QED) is 0.793. The molecule has 0 aliphatic carbocycles. The summed E-state index contributed by atoms with van der Waals surface area (Å²) < 4.78 is 1.17. The number of halogens is 1. The smallest absolute Gasteiger partial charge is 0.254 e. The van der Waals surface area contributed by atoms with Gasteiger partial charge in [-0.25, -0.2) is 0 Å². The highest BCUT2D eigenvalue weighted by Crippen LogP contribution is 2.18. The van der Waals surface area contributed by atoms with Gasteiger partial charge in [0.2, 0.25) is 0 Å². The first-order valence-corrected chi connectivity index (χ1v) is 6.89. The zero-order valence-corrected chi connectivity index (χ0v) is 11.5. The number of carbonyl (C=O) groups is 1. The lowest BCUT2D eigenvalue weighted by Crippen LogP contribution is -2.51. The van der Waals surface area contributed by atoms with Crippen LogP contribution in [-0.4, -0.2) is 36.5 Å². The van der Waals surface area contributed by atoms with Crippen molar-refractivity contribution in [2.45, 2.75) is 13.0 Å². The van der Waals surface area contributed by atoms with Crippen LogP contribution in [0.2, 0.25) is 0 Å². The van der Waals surface area contributed by atoms with Crippen molar-refractivity contribution in [3.05, 3.63) is 19.9 Å². The van der Waals surface area contributed by atoms with Crippen molar-refractivity contribution in [2.24, 2.45) is 0 Å². The molecule has 5 heteroatoms. The maximum Gasteiger partial charge on any atom is 0.254 e. The van der Waals surface area contributed by atoms with E-state index in [2.05, 4.69) is 34.8 Å². The number of piperazine rings is 1. The summed E-state index contributed by atoms with van der Waals surface area (Å²) in [4.78, 5) is 14.0. The fourth-order valence-corrected chi connectivity index (χ4v) is 3.04. The summed E-state index contributed by atoms with van der Waals surface area (Å²) in [6.07, 6.45) is 0. The molecular weight excluding hydrogens is 323 g/mol. The van der Waals surface area contributed by atoms with Crippen molar-refractivity contribution in [3.8, 4) is 0 Å². The summed E-state index contributed by atoms with van der Waals surface area (Å²) in [6.45, 7) is 4.63. The van der Waals surface area contributed by atoms with E-state index >= 15 is 0 Å². The Balaban J connectivity index is 2.07. The summed E-state index contributed by atoms with van der Waals surface area (Å²) >= 11 is 3.87. The fraction of sp³-hybridized carbons (Fsp3) is 0.500. The van der Waals surface area contributed by atoms with Crippen LogP contribution in [0, 0.1) is 2.88 Å². The molecule has 0 radical (unpaired) electrons. The molecule has 1 amide bonds. The predicted octanol–water partition coefficient (Wildman–Crippen LogP) is 1.79. The number of nitrogens with zero attached hydrogens (tertiary/aromatic N) is 1. The van der Waals surface area contributed by atoms with Crippen LogP contribution in [0.4, 0.5) is 0 Å². The van der Waals surface area contributed by atoms with E-state index in [1.807, 2.05) is 16.3 Å². The molecule has 2 heterocycles. The van der Waals surface area contributed by atoms with E-state index in [1.165, 1.54) is 2.88 Å². The molecule has 15 heavy (non-hydrogen) atoms. The van der Waals surface area contributed by atoms with Crippen LogP contribution in [-0.2, 0) is 0 Å². The Morgan fingerprint density at radius 3 is 3.13 bits per heavy atom. The highest BCUT2D eigenvalue weighted by atomic mass is 127. The standard InChI is InChI=1S/C10H13IN2OS/c1-7-5-13(3-2-12-7)10(14)8-4-9(11)15-6-8/h4,6-7,12H,2-3,5H2,1H3. The average Bonchev–Trinajstić information content (AvgIpc) is 2.64. The Bertz CT molecular complexity index is 366. The largest absolute Gasteiger partial charge is 0.336 e. The highest BCUT2D eigenvalue weighted by molar-refractivity contribution is 14.1. The Morgan fingerprint density at radius 2 is 2.53 bits per heavy atom. The first kappa shape index (κ1) is 11.3. The molecule has 1 atom stereocenters. The van der Waals surface area contributed by atoms with E-state index in [9.17, 15) is 4.79 Å². The third-order valence-corrected chi connectivity index (χ3v) is 4.26. The summed E-state index contributed by atoms with van der Waals surface area (Å²) in [5.41, 5.74) is 0.832. The first-order chi connectivity index (χ1) is 7.16. The average molecular weight is 336 g/mol. The molecule has 1 fully saturated rings. The van der Waals surface area contributed by atoms with Crippen LogP contribution in [0.15, 0.2) is 11.4 Å². The number of amides is 1. The maximum absolute atomic E-state index is 12.1. The lowest BCUT2D eigenvalue weighted by Gasteiger charge is -2.31. The van der Waals surface area contributed by atoms with Gasteiger partial charge in [0, 0.05) is 31.1 Å². The molecule has 1 aromatic rings. The molecule has 0 aromatic carbocycles. The third-order valence-electron chi connectivity index (χ3n) is 2.47. The Morgan fingerprint density at radius 1 is 1.73 bits per heavy atom. The van der Waals surface area contributed by atoms with E-state index in [0.29, 0.717) is 6.04 Å². The normalized spacial score (nSPS) is 21.7. The SMILES string of the molecule is CC1CN(C(=O)c2csc(I)c2)CCN1. The van der Waals surface area contributed by atoms with Gasteiger partial charge in [-0.2, -0.15) is 0 Å². The molecule has 82 valence electrons. The number of carbonyl (C=O) groups excluding carboxylic acids is 1. The van der Waals surface area contributed by atoms with Crippen LogP contribution >= 0.6 is 33.9 Å². The first-order valence-electron chi connectivity index (χ1n) is 4.93. The minimum Gasteiger partial charge on any atom is -0.336 e. The second-order valence-electron chi connectivity index (χ2n) is 3.75. The van der Waals surface area contributed by atoms with Gasteiger partial charge in [0.15, 0.2) is 0 Å². The number of rotatable bonds is 1. The molecule has 1 aliphatic rings. The molecule has 1 aromatic heterocycles. The number of hydrogen-bond acceptors (Lipinski definition) is 3. The van der Waals surface area contributed by atoms with E-state index in [0.717, 1.165) is 25.2 Å². The summed E-state index contributed by atoms with van der Waals surface area (Å²) in [5, 5.41) is 5.27. The zero-order valence-electron chi connectivity index (χ0n) is 8.50. The van der Waals surface area contributed by atoms with Crippen molar-refractivity contribution in [2.75, 3.05) is 19.6 Å². The minimum atomic E-state index is 0.169. The Labute approximate surface area is 107 Å². The van der Waals surface area contributed by atoms with Crippen LogP contribution in [0.1, 0.15) is 17.3 Å². The van der Waals surface area contributed by atoms with E-state index in [-0.39, 0.29) is 5.91 Å². The van der Waals surface area contributed by atoms with Crippen LogP contribution < -0.4 is 5.32 Å². The molecule has 0 spiro atoms. The van der Waals surface area contributed by atoms with Gasteiger partial charge in [0.1, 0.15) is 0 Å². The van der Waals surface area contributed by atoms with Gasteiger partial charge in [-0.05, 0) is 35.6 Å². The summed E-state index contributed by atoms with van der Waals surface area (Å²) in [6, 6.07) is 2.36. The fourth-order valence-electron chi connectivity index (χ4n) is 1.72. The zero-order chi connectivity index (χ0) is 10.8.